The third-order valence-electron chi connectivity index (χ3n) is 6.07. The van der Waals surface area contributed by atoms with E-state index in [4.69, 9.17) is 4.74 Å². The van der Waals surface area contributed by atoms with E-state index in [-0.39, 0.29) is 17.8 Å². The van der Waals surface area contributed by atoms with Gasteiger partial charge in [-0.3, -0.25) is 0 Å². The van der Waals surface area contributed by atoms with Crippen LogP contribution in [-0.2, 0) is 11.2 Å². The Morgan fingerprint density at radius 3 is 2.43 bits per heavy atom. The molecule has 30 heavy (non-hydrogen) atoms. The second-order valence-electron chi connectivity index (χ2n) is 8.24. The Hall–Kier alpha value is -2.05. The molecule has 3 nitrogen and oxygen atoms in total. The Morgan fingerprint density at radius 1 is 0.967 bits per heavy atom. The highest BCUT2D eigenvalue weighted by Gasteiger charge is 2.40. The Labute approximate surface area is 180 Å². The zero-order valence-corrected chi connectivity index (χ0v) is 18.2. The van der Waals surface area contributed by atoms with Gasteiger partial charge in [-0.05, 0) is 60.4 Å². The van der Waals surface area contributed by atoms with Crippen LogP contribution in [0.2, 0.25) is 0 Å². The molecule has 5 heteroatoms. The Kier molecular flexibility index (Phi) is 6.07. The van der Waals surface area contributed by atoms with Gasteiger partial charge in [0.05, 0.1) is 18.3 Å². The lowest BCUT2D eigenvalue weighted by Gasteiger charge is -2.40. The fraction of sp³-hybridized carbons (Fsp3) is 0.360. The second kappa shape index (κ2) is 8.60. The molecule has 3 aromatic rings. The molecule has 0 spiro atoms. The highest BCUT2D eigenvalue weighted by atomic mass is 32.1. The van der Waals surface area contributed by atoms with Crippen molar-refractivity contribution in [3.05, 3.63) is 82.0 Å². The summed E-state index contributed by atoms with van der Waals surface area (Å²) in [6, 6.07) is 17.1. The summed E-state index contributed by atoms with van der Waals surface area (Å²) in [6.45, 7) is 5.81. The zero-order chi connectivity index (χ0) is 21.4. The van der Waals surface area contributed by atoms with E-state index < -0.39 is 18.3 Å². The van der Waals surface area contributed by atoms with E-state index in [9.17, 15) is 14.6 Å². The van der Waals surface area contributed by atoms with E-state index in [2.05, 4.69) is 37.3 Å². The third-order valence-corrected chi connectivity index (χ3v) is 7.20. The molecule has 1 aliphatic heterocycles. The van der Waals surface area contributed by atoms with Crippen LogP contribution in [0.4, 0.5) is 4.39 Å². The van der Waals surface area contributed by atoms with Crippen molar-refractivity contribution < 1.29 is 19.3 Å². The molecule has 0 bridgehead atoms. The van der Waals surface area contributed by atoms with Crippen molar-refractivity contribution in [3.8, 4) is 10.4 Å². The summed E-state index contributed by atoms with van der Waals surface area (Å²) in [4.78, 5) is 2.35. The number of aliphatic hydroxyl groups is 2. The van der Waals surface area contributed by atoms with Crippen molar-refractivity contribution in [3.63, 3.8) is 0 Å². The molecule has 1 saturated heterocycles. The van der Waals surface area contributed by atoms with Gasteiger partial charge in [-0.15, -0.1) is 11.3 Å². The minimum absolute atomic E-state index is 0.196. The number of hydrogen-bond donors (Lipinski definition) is 2. The Bertz CT molecular complexity index is 1010. The molecule has 0 amide bonds. The highest BCUT2D eigenvalue weighted by molar-refractivity contribution is 7.15. The maximum Gasteiger partial charge on any atom is 0.123 e. The highest BCUT2D eigenvalue weighted by Crippen LogP contribution is 2.38. The van der Waals surface area contributed by atoms with Crippen molar-refractivity contribution in [1.82, 2.24) is 0 Å². The molecule has 0 aliphatic carbocycles. The minimum Gasteiger partial charge on any atom is -0.390 e. The molecule has 5 atom stereocenters. The molecule has 1 aliphatic rings. The van der Waals surface area contributed by atoms with Gasteiger partial charge in [-0.1, -0.05) is 37.3 Å². The predicted molar refractivity (Wildman–Crippen MR) is 118 cm³/mol. The van der Waals surface area contributed by atoms with Gasteiger partial charge in [0.2, 0.25) is 0 Å². The van der Waals surface area contributed by atoms with Gasteiger partial charge in [0.25, 0.3) is 0 Å². The minimum atomic E-state index is -0.864. The van der Waals surface area contributed by atoms with Crippen LogP contribution in [0.1, 0.15) is 41.5 Å². The van der Waals surface area contributed by atoms with Crippen LogP contribution in [0, 0.1) is 18.7 Å². The lowest BCUT2D eigenvalue weighted by Crippen LogP contribution is -2.49. The molecule has 1 fully saturated rings. The first-order chi connectivity index (χ1) is 14.3. The van der Waals surface area contributed by atoms with Crippen molar-refractivity contribution in [2.75, 3.05) is 0 Å². The average Bonchev–Trinajstić information content (AvgIpc) is 3.20. The van der Waals surface area contributed by atoms with Gasteiger partial charge in [-0.25, -0.2) is 4.39 Å². The van der Waals surface area contributed by atoms with Crippen LogP contribution in [0.5, 0.6) is 0 Å². The normalized spacial score (nSPS) is 26.7. The number of aryl methyl sites for hydroxylation is 1. The lowest BCUT2D eigenvalue weighted by atomic mass is 9.84. The first kappa shape index (κ1) is 21.2. The van der Waals surface area contributed by atoms with Crippen LogP contribution >= 0.6 is 11.3 Å². The van der Waals surface area contributed by atoms with E-state index >= 15 is 0 Å². The van der Waals surface area contributed by atoms with E-state index in [1.54, 1.807) is 30.4 Å². The number of halogens is 1. The molecule has 2 N–H and O–H groups in total. The number of hydrogen-bond acceptors (Lipinski definition) is 4. The van der Waals surface area contributed by atoms with Gasteiger partial charge >= 0.3 is 0 Å². The van der Waals surface area contributed by atoms with Crippen molar-refractivity contribution in [2.24, 2.45) is 5.92 Å². The molecule has 0 radical (unpaired) electrons. The van der Waals surface area contributed by atoms with Gasteiger partial charge in [-0.2, -0.15) is 0 Å². The fourth-order valence-corrected chi connectivity index (χ4v) is 5.11. The molecule has 2 heterocycles. The smallest absolute Gasteiger partial charge is 0.123 e. The maximum absolute atomic E-state index is 13.2. The molecular weight excluding hydrogens is 399 g/mol. The molecule has 4 rings (SSSR count). The summed E-state index contributed by atoms with van der Waals surface area (Å²) >= 11 is 1.71. The van der Waals surface area contributed by atoms with Crippen molar-refractivity contribution in [2.45, 2.75) is 51.6 Å². The van der Waals surface area contributed by atoms with Gasteiger partial charge in [0.15, 0.2) is 0 Å². The molecule has 2 aromatic carbocycles. The Morgan fingerprint density at radius 2 is 1.70 bits per heavy atom. The van der Waals surface area contributed by atoms with E-state index in [0.717, 1.165) is 22.4 Å². The van der Waals surface area contributed by atoms with Gasteiger partial charge < -0.3 is 14.9 Å². The summed E-state index contributed by atoms with van der Waals surface area (Å²) < 4.78 is 19.2. The SMILES string of the molecule is Cc1ccc(C2OC(C)C(O)C(O)C2C)cc1Cc1ccc(-c2ccc(F)cc2)s1. The number of rotatable bonds is 4. The first-order valence-electron chi connectivity index (χ1n) is 10.3. The molecule has 158 valence electrons. The van der Waals surface area contributed by atoms with Crippen LogP contribution in [0.15, 0.2) is 54.6 Å². The predicted octanol–water partition coefficient (Wildman–Crippen LogP) is 5.27. The standard InChI is InChI=1S/C25H27FO3S/c1-14-4-5-18(25-15(2)23(27)24(28)16(3)29-25)12-19(14)13-21-10-11-22(30-21)17-6-8-20(26)9-7-17/h4-12,15-16,23-25,27-28H,13H2,1-3H3. The number of aliphatic hydroxyl groups excluding tert-OH is 2. The summed E-state index contributed by atoms with van der Waals surface area (Å²) in [5, 5.41) is 20.5. The topological polar surface area (TPSA) is 49.7 Å². The molecule has 1 aromatic heterocycles. The van der Waals surface area contributed by atoms with Crippen LogP contribution in [0.3, 0.4) is 0 Å². The number of benzene rings is 2. The zero-order valence-electron chi connectivity index (χ0n) is 17.4. The molecule has 0 saturated carbocycles. The summed E-state index contributed by atoms with van der Waals surface area (Å²) in [6.07, 6.45) is -1.54. The number of ether oxygens (including phenoxy) is 1. The summed E-state index contributed by atoms with van der Waals surface area (Å²) in [5.74, 6) is -0.423. The fourth-order valence-electron chi connectivity index (χ4n) is 4.07. The average molecular weight is 427 g/mol. The largest absolute Gasteiger partial charge is 0.390 e. The Balaban J connectivity index is 1.56. The first-order valence-corrected chi connectivity index (χ1v) is 11.1. The van der Waals surface area contributed by atoms with Crippen LogP contribution in [0.25, 0.3) is 10.4 Å². The third kappa shape index (κ3) is 4.21. The van der Waals surface area contributed by atoms with E-state index in [1.165, 1.54) is 28.1 Å². The quantitative estimate of drug-likeness (QED) is 0.597. The summed E-state index contributed by atoms with van der Waals surface area (Å²) in [5.41, 5.74) is 4.46. The van der Waals surface area contributed by atoms with Gasteiger partial charge in [0.1, 0.15) is 11.9 Å². The molecular formula is C25H27FO3S. The monoisotopic (exact) mass is 426 g/mol. The van der Waals surface area contributed by atoms with Crippen LogP contribution < -0.4 is 0 Å². The van der Waals surface area contributed by atoms with Crippen molar-refractivity contribution in [1.29, 1.82) is 0 Å². The van der Waals surface area contributed by atoms with Gasteiger partial charge in [0, 0.05) is 22.1 Å². The lowest BCUT2D eigenvalue weighted by molar-refractivity contribution is -0.192. The molecule has 5 unspecified atom stereocenters. The van der Waals surface area contributed by atoms with E-state index in [1.807, 2.05) is 6.92 Å². The van der Waals surface area contributed by atoms with Crippen molar-refractivity contribution >= 4 is 11.3 Å². The van der Waals surface area contributed by atoms with E-state index in [0.29, 0.717) is 0 Å². The maximum atomic E-state index is 13.2. The van der Waals surface area contributed by atoms with Crippen LogP contribution in [-0.4, -0.2) is 28.5 Å². The summed E-state index contributed by atoms with van der Waals surface area (Å²) in [7, 11) is 0. The number of thiophene rings is 1. The second-order valence-corrected chi connectivity index (χ2v) is 9.41.